The van der Waals surface area contributed by atoms with Crippen LogP contribution in [0.3, 0.4) is 0 Å². The predicted octanol–water partition coefficient (Wildman–Crippen LogP) is 2.64. The third-order valence-corrected chi connectivity index (χ3v) is 3.92. The number of rotatable bonds is 4. The summed E-state index contributed by atoms with van der Waals surface area (Å²) in [6.07, 6.45) is 0. The summed E-state index contributed by atoms with van der Waals surface area (Å²) in [5.41, 5.74) is 10.1. The molecule has 1 aromatic carbocycles. The Hall–Kier alpha value is -1.60. The fourth-order valence-electron chi connectivity index (χ4n) is 1.68. The number of benzene rings is 1. The van der Waals surface area contributed by atoms with Crippen LogP contribution >= 0.6 is 27.3 Å². The normalized spacial score (nSPS) is 11.6. The molecular formula is C12H13BrN4OS. The highest BCUT2D eigenvalue weighted by atomic mass is 79.9. The average Bonchev–Trinajstić information content (AvgIpc) is 2.90. The molecule has 3 N–H and O–H groups in total. The lowest BCUT2D eigenvalue weighted by molar-refractivity contribution is 0.318. The van der Waals surface area contributed by atoms with Crippen LogP contribution in [0.2, 0.25) is 0 Å². The van der Waals surface area contributed by atoms with Crippen molar-refractivity contribution >= 4 is 38.8 Å². The number of thiazole rings is 1. The van der Waals surface area contributed by atoms with Gasteiger partial charge in [0.25, 0.3) is 0 Å². The minimum atomic E-state index is 0.0920. The summed E-state index contributed by atoms with van der Waals surface area (Å²) < 4.78 is 0.884. The van der Waals surface area contributed by atoms with Crippen molar-refractivity contribution < 1.29 is 5.21 Å². The number of hydrogen-bond acceptors (Lipinski definition) is 5. The van der Waals surface area contributed by atoms with Gasteiger partial charge in [0.15, 0.2) is 5.84 Å². The molecule has 5 nitrogen and oxygen atoms in total. The second kappa shape index (κ2) is 6.03. The van der Waals surface area contributed by atoms with Gasteiger partial charge in [0.05, 0.1) is 23.4 Å². The molecule has 1 aromatic heterocycles. The number of halogens is 1. The van der Waals surface area contributed by atoms with Crippen LogP contribution < -0.4 is 10.6 Å². The van der Waals surface area contributed by atoms with E-state index in [0.29, 0.717) is 5.56 Å². The van der Waals surface area contributed by atoms with Crippen molar-refractivity contribution in [2.45, 2.75) is 6.54 Å². The highest BCUT2D eigenvalue weighted by molar-refractivity contribution is 9.10. The van der Waals surface area contributed by atoms with E-state index in [2.05, 4.69) is 31.0 Å². The molecule has 2 aromatic rings. The standard InChI is InChI=1S/C12H13BrN4OS/c1-17(5-9-6-19-7-15-9)11-3-2-8(4-10(11)13)12(14)16-18/h2-4,6-7,18H,5H2,1H3,(H2,14,16). The number of anilines is 1. The van der Waals surface area contributed by atoms with Crippen molar-refractivity contribution in [2.24, 2.45) is 10.9 Å². The molecule has 0 aliphatic carbocycles. The lowest BCUT2D eigenvalue weighted by Crippen LogP contribution is -2.18. The first-order chi connectivity index (χ1) is 9.11. The van der Waals surface area contributed by atoms with E-state index in [4.69, 9.17) is 10.9 Å². The Bertz CT molecular complexity index is 585. The third-order valence-electron chi connectivity index (χ3n) is 2.65. The predicted molar refractivity (Wildman–Crippen MR) is 80.9 cm³/mol. The van der Waals surface area contributed by atoms with Crippen molar-refractivity contribution in [3.8, 4) is 0 Å². The van der Waals surface area contributed by atoms with Gasteiger partial charge < -0.3 is 15.8 Å². The van der Waals surface area contributed by atoms with Gasteiger partial charge >= 0.3 is 0 Å². The van der Waals surface area contributed by atoms with E-state index in [1.165, 1.54) is 0 Å². The fourth-order valence-corrected chi connectivity index (χ4v) is 2.91. The first-order valence-corrected chi connectivity index (χ1v) is 7.21. The summed E-state index contributed by atoms with van der Waals surface area (Å²) in [7, 11) is 1.99. The van der Waals surface area contributed by atoms with Gasteiger partial charge in [-0.3, -0.25) is 0 Å². The highest BCUT2D eigenvalue weighted by Crippen LogP contribution is 2.27. The number of aromatic nitrogens is 1. The summed E-state index contributed by atoms with van der Waals surface area (Å²) in [5.74, 6) is 0.0920. The van der Waals surface area contributed by atoms with Gasteiger partial charge in [-0.2, -0.15) is 0 Å². The van der Waals surface area contributed by atoms with Crippen molar-refractivity contribution in [1.29, 1.82) is 0 Å². The Morgan fingerprint density at radius 1 is 1.58 bits per heavy atom. The van der Waals surface area contributed by atoms with E-state index < -0.39 is 0 Å². The minimum absolute atomic E-state index is 0.0920. The Morgan fingerprint density at radius 3 is 2.95 bits per heavy atom. The molecule has 0 aliphatic rings. The minimum Gasteiger partial charge on any atom is -0.409 e. The zero-order chi connectivity index (χ0) is 13.8. The summed E-state index contributed by atoms with van der Waals surface area (Å²) in [6, 6.07) is 5.55. The molecule has 2 rings (SSSR count). The van der Waals surface area contributed by atoms with Crippen LogP contribution in [0, 0.1) is 0 Å². The number of amidine groups is 1. The van der Waals surface area contributed by atoms with Gasteiger partial charge in [-0.15, -0.1) is 11.3 Å². The van der Waals surface area contributed by atoms with Crippen molar-refractivity contribution in [3.05, 3.63) is 44.8 Å². The number of hydrogen-bond donors (Lipinski definition) is 2. The Labute approximate surface area is 123 Å². The molecule has 0 aliphatic heterocycles. The van der Waals surface area contributed by atoms with Crippen molar-refractivity contribution in [1.82, 2.24) is 4.98 Å². The molecule has 0 atom stereocenters. The maximum absolute atomic E-state index is 8.66. The van der Waals surface area contributed by atoms with E-state index >= 15 is 0 Å². The van der Waals surface area contributed by atoms with Crippen LogP contribution in [0.15, 0.2) is 38.7 Å². The van der Waals surface area contributed by atoms with Crippen LogP contribution in [-0.4, -0.2) is 23.1 Å². The quantitative estimate of drug-likeness (QED) is 0.388. The topological polar surface area (TPSA) is 74.7 Å². The number of nitrogens with two attached hydrogens (primary N) is 1. The van der Waals surface area contributed by atoms with E-state index in [1.54, 1.807) is 11.3 Å². The number of oxime groups is 1. The molecule has 0 radical (unpaired) electrons. The molecule has 0 amide bonds. The molecule has 1 heterocycles. The largest absolute Gasteiger partial charge is 0.409 e. The van der Waals surface area contributed by atoms with Gasteiger partial charge in [-0.1, -0.05) is 5.16 Å². The van der Waals surface area contributed by atoms with E-state index in [1.807, 2.05) is 36.1 Å². The van der Waals surface area contributed by atoms with Crippen LogP contribution in [0.25, 0.3) is 0 Å². The maximum atomic E-state index is 8.66. The van der Waals surface area contributed by atoms with E-state index in [9.17, 15) is 0 Å². The molecule has 0 unspecified atom stereocenters. The van der Waals surface area contributed by atoms with Crippen LogP contribution in [0.1, 0.15) is 11.3 Å². The first-order valence-electron chi connectivity index (χ1n) is 5.47. The molecule has 100 valence electrons. The molecule has 19 heavy (non-hydrogen) atoms. The van der Waals surface area contributed by atoms with E-state index in [0.717, 1.165) is 22.4 Å². The molecule has 7 heteroatoms. The monoisotopic (exact) mass is 340 g/mol. The van der Waals surface area contributed by atoms with Gasteiger partial charge in [-0.25, -0.2) is 4.98 Å². The van der Waals surface area contributed by atoms with Crippen molar-refractivity contribution in [3.63, 3.8) is 0 Å². The first kappa shape index (κ1) is 13.8. The van der Waals surface area contributed by atoms with E-state index in [-0.39, 0.29) is 5.84 Å². The van der Waals surface area contributed by atoms with Crippen LogP contribution in [-0.2, 0) is 6.54 Å². The summed E-state index contributed by atoms with van der Waals surface area (Å²) in [6.45, 7) is 0.727. The SMILES string of the molecule is CN(Cc1cscn1)c1ccc(/C(N)=N/O)cc1Br. The van der Waals surface area contributed by atoms with Gasteiger partial charge in [0, 0.05) is 22.5 Å². The Morgan fingerprint density at radius 2 is 2.37 bits per heavy atom. The van der Waals surface area contributed by atoms with Gasteiger partial charge in [-0.05, 0) is 34.1 Å². The smallest absolute Gasteiger partial charge is 0.170 e. The zero-order valence-corrected chi connectivity index (χ0v) is 12.6. The summed E-state index contributed by atoms with van der Waals surface area (Å²) >= 11 is 5.08. The molecular weight excluding hydrogens is 328 g/mol. The molecule has 0 fully saturated rings. The van der Waals surface area contributed by atoms with Crippen LogP contribution in [0.4, 0.5) is 5.69 Å². The lowest BCUT2D eigenvalue weighted by Gasteiger charge is -2.20. The molecule has 0 bridgehead atoms. The Balaban J connectivity index is 2.21. The van der Waals surface area contributed by atoms with Gasteiger partial charge in [0.2, 0.25) is 0 Å². The molecule has 0 saturated carbocycles. The Kier molecular flexibility index (Phi) is 4.39. The third kappa shape index (κ3) is 3.24. The number of nitrogens with zero attached hydrogens (tertiary/aromatic N) is 3. The average molecular weight is 341 g/mol. The van der Waals surface area contributed by atoms with Gasteiger partial charge in [0.1, 0.15) is 0 Å². The second-order valence-electron chi connectivity index (χ2n) is 3.99. The fraction of sp³-hybridized carbons (Fsp3) is 0.167. The second-order valence-corrected chi connectivity index (χ2v) is 5.56. The zero-order valence-electron chi connectivity index (χ0n) is 10.2. The molecule has 0 spiro atoms. The summed E-state index contributed by atoms with van der Waals surface area (Å²) in [4.78, 5) is 6.34. The maximum Gasteiger partial charge on any atom is 0.170 e. The molecule has 0 saturated heterocycles. The summed E-state index contributed by atoms with van der Waals surface area (Å²) in [5, 5.41) is 13.7. The van der Waals surface area contributed by atoms with Crippen molar-refractivity contribution in [2.75, 3.05) is 11.9 Å². The lowest BCUT2D eigenvalue weighted by atomic mass is 10.2. The van der Waals surface area contributed by atoms with Crippen LogP contribution in [0.5, 0.6) is 0 Å². The highest BCUT2D eigenvalue weighted by Gasteiger charge is 2.09.